The van der Waals surface area contributed by atoms with Gasteiger partial charge in [0.05, 0.1) is 19.1 Å². The maximum absolute atomic E-state index is 12.8. The van der Waals surface area contributed by atoms with Gasteiger partial charge in [-0.3, -0.25) is 9.10 Å². The molecule has 150 valence electrons. The summed E-state index contributed by atoms with van der Waals surface area (Å²) in [6, 6.07) is 16.6. The summed E-state index contributed by atoms with van der Waals surface area (Å²) in [5.41, 5.74) is 3.63. The molecule has 0 atom stereocenters. The van der Waals surface area contributed by atoms with E-state index in [4.69, 9.17) is 4.74 Å². The summed E-state index contributed by atoms with van der Waals surface area (Å²) in [5, 5.41) is 5.07. The van der Waals surface area contributed by atoms with Gasteiger partial charge in [-0.25, -0.2) is 8.42 Å². The van der Waals surface area contributed by atoms with Crippen molar-refractivity contribution in [3.8, 4) is 5.75 Å². The smallest absolute Gasteiger partial charge is 0.245 e. The first-order valence-corrected chi connectivity index (χ1v) is 11.2. The molecule has 29 heavy (non-hydrogen) atoms. The molecule has 3 aromatic carbocycles. The predicted molar refractivity (Wildman–Crippen MR) is 115 cm³/mol. The molecular weight excluding hydrogens is 388 g/mol. The molecule has 1 N–H and O–H groups in total. The van der Waals surface area contributed by atoms with E-state index in [1.807, 2.05) is 24.3 Å². The van der Waals surface area contributed by atoms with Crippen LogP contribution in [0.5, 0.6) is 5.75 Å². The van der Waals surface area contributed by atoms with Gasteiger partial charge >= 0.3 is 0 Å². The van der Waals surface area contributed by atoms with E-state index in [1.54, 1.807) is 24.3 Å². The number of amides is 1. The SMILES string of the molecule is COc1cccc(N(CC(=O)Nc2ccc3c4c(cccc24)CC3)S(C)(=O)=O)c1. The number of nitrogens with one attached hydrogen (secondary N) is 1. The zero-order valence-electron chi connectivity index (χ0n) is 16.3. The monoisotopic (exact) mass is 410 g/mol. The van der Waals surface area contributed by atoms with Crippen molar-refractivity contribution in [3.05, 3.63) is 65.7 Å². The Balaban J connectivity index is 1.62. The van der Waals surface area contributed by atoms with E-state index >= 15 is 0 Å². The van der Waals surface area contributed by atoms with Crippen molar-refractivity contribution < 1.29 is 17.9 Å². The number of aryl methyl sites for hydroxylation is 2. The molecule has 0 unspecified atom stereocenters. The first kappa shape index (κ1) is 19.3. The highest BCUT2D eigenvalue weighted by atomic mass is 32.2. The molecule has 0 heterocycles. The van der Waals surface area contributed by atoms with E-state index in [1.165, 1.54) is 23.6 Å². The van der Waals surface area contributed by atoms with Crippen molar-refractivity contribution in [1.29, 1.82) is 0 Å². The van der Waals surface area contributed by atoms with Gasteiger partial charge in [-0.2, -0.15) is 0 Å². The van der Waals surface area contributed by atoms with E-state index in [2.05, 4.69) is 11.4 Å². The van der Waals surface area contributed by atoms with Gasteiger partial charge in [0.25, 0.3) is 0 Å². The molecule has 1 aliphatic carbocycles. The Morgan fingerprint density at radius 2 is 1.79 bits per heavy atom. The number of carbonyl (C=O) groups excluding carboxylic acids is 1. The molecule has 0 bridgehead atoms. The van der Waals surface area contributed by atoms with Gasteiger partial charge in [0.1, 0.15) is 12.3 Å². The first-order valence-electron chi connectivity index (χ1n) is 9.32. The van der Waals surface area contributed by atoms with Gasteiger partial charge in [-0.05, 0) is 47.6 Å². The van der Waals surface area contributed by atoms with E-state index in [0.29, 0.717) is 17.1 Å². The number of sulfonamides is 1. The van der Waals surface area contributed by atoms with Gasteiger partial charge in [0.15, 0.2) is 0 Å². The number of benzene rings is 3. The van der Waals surface area contributed by atoms with Crippen LogP contribution in [0.3, 0.4) is 0 Å². The molecule has 0 radical (unpaired) electrons. The zero-order valence-corrected chi connectivity index (χ0v) is 17.1. The summed E-state index contributed by atoms with van der Waals surface area (Å²) in [5.74, 6) is 0.112. The molecule has 0 fully saturated rings. The third-order valence-corrected chi connectivity index (χ3v) is 6.32. The Kier molecular flexibility index (Phi) is 4.92. The fraction of sp³-hybridized carbons (Fsp3) is 0.227. The van der Waals surface area contributed by atoms with Crippen molar-refractivity contribution >= 4 is 38.1 Å². The fourth-order valence-corrected chi connectivity index (χ4v) is 4.69. The van der Waals surface area contributed by atoms with Gasteiger partial charge in [0.2, 0.25) is 15.9 Å². The highest BCUT2D eigenvalue weighted by Crippen LogP contribution is 2.35. The predicted octanol–water partition coefficient (Wildman–Crippen LogP) is 3.35. The minimum absolute atomic E-state index is 0.324. The summed E-state index contributed by atoms with van der Waals surface area (Å²) in [6.45, 7) is -0.324. The summed E-state index contributed by atoms with van der Waals surface area (Å²) >= 11 is 0. The van der Waals surface area contributed by atoms with E-state index < -0.39 is 15.9 Å². The molecule has 6 nitrogen and oxygen atoms in total. The molecule has 0 aliphatic heterocycles. The maximum Gasteiger partial charge on any atom is 0.245 e. The molecular formula is C22H22N2O4S. The number of hydrogen-bond acceptors (Lipinski definition) is 4. The third-order valence-electron chi connectivity index (χ3n) is 5.18. The molecule has 7 heteroatoms. The lowest BCUT2D eigenvalue weighted by molar-refractivity contribution is -0.114. The Labute approximate surface area is 170 Å². The van der Waals surface area contributed by atoms with Gasteiger partial charge < -0.3 is 10.1 Å². The van der Waals surface area contributed by atoms with Crippen molar-refractivity contribution in [2.75, 3.05) is 29.5 Å². The minimum Gasteiger partial charge on any atom is -0.497 e. The normalized spacial score (nSPS) is 12.8. The number of anilines is 2. The second kappa shape index (κ2) is 7.40. The highest BCUT2D eigenvalue weighted by molar-refractivity contribution is 7.92. The quantitative estimate of drug-likeness (QED) is 0.676. The molecule has 3 aromatic rings. The average Bonchev–Trinajstić information content (AvgIpc) is 3.12. The lowest BCUT2D eigenvalue weighted by Crippen LogP contribution is -2.37. The second-order valence-electron chi connectivity index (χ2n) is 7.13. The van der Waals surface area contributed by atoms with Crippen LogP contribution in [0, 0.1) is 0 Å². The second-order valence-corrected chi connectivity index (χ2v) is 9.04. The molecule has 4 rings (SSSR count). The Morgan fingerprint density at radius 3 is 2.52 bits per heavy atom. The van der Waals surface area contributed by atoms with Crippen molar-refractivity contribution in [3.63, 3.8) is 0 Å². The van der Waals surface area contributed by atoms with Crippen LogP contribution in [0.1, 0.15) is 11.1 Å². The van der Waals surface area contributed by atoms with Gasteiger partial charge in [0, 0.05) is 17.1 Å². The zero-order chi connectivity index (χ0) is 20.6. The van der Waals surface area contributed by atoms with E-state index in [-0.39, 0.29) is 6.54 Å². The van der Waals surface area contributed by atoms with Crippen LogP contribution in [-0.4, -0.2) is 34.2 Å². The summed E-state index contributed by atoms with van der Waals surface area (Å²) < 4.78 is 30.9. The van der Waals surface area contributed by atoms with Crippen molar-refractivity contribution in [2.45, 2.75) is 12.8 Å². The lowest BCUT2D eigenvalue weighted by Gasteiger charge is -2.22. The van der Waals surface area contributed by atoms with Crippen LogP contribution in [0.15, 0.2) is 54.6 Å². The number of methoxy groups -OCH3 is 1. The van der Waals surface area contributed by atoms with Crippen molar-refractivity contribution in [1.82, 2.24) is 0 Å². The van der Waals surface area contributed by atoms with Crippen molar-refractivity contribution in [2.24, 2.45) is 0 Å². The summed E-state index contributed by atoms with van der Waals surface area (Å²) in [4.78, 5) is 12.8. The van der Waals surface area contributed by atoms with Crippen LogP contribution in [0.25, 0.3) is 10.8 Å². The van der Waals surface area contributed by atoms with Crippen LogP contribution in [-0.2, 0) is 27.7 Å². The minimum atomic E-state index is -3.66. The summed E-state index contributed by atoms with van der Waals surface area (Å²) in [7, 11) is -2.15. The number of hydrogen-bond donors (Lipinski definition) is 1. The number of ether oxygens (including phenoxy) is 1. The maximum atomic E-state index is 12.8. The standard InChI is InChI=1S/C22H22N2O4S/c1-28-18-7-4-6-17(13-18)24(29(2,26)27)14-21(25)23-20-12-11-16-10-9-15-5-3-8-19(20)22(15)16/h3-8,11-13H,9-10,14H2,1-2H3,(H,23,25). The fourth-order valence-electron chi connectivity index (χ4n) is 3.84. The molecule has 0 saturated carbocycles. The van der Waals surface area contributed by atoms with Crippen LogP contribution < -0.4 is 14.4 Å². The number of nitrogens with zero attached hydrogens (tertiary/aromatic N) is 1. The third kappa shape index (κ3) is 3.78. The Morgan fingerprint density at radius 1 is 1.07 bits per heavy atom. The molecule has 0 aromatic heterocycles. The number of rotatable bonds is 6. The topological polar surface area (TPSA) is 75.7 Å². The summed E-state index contributed by atoms with van der Waals surface area (Å²) in [6.07, 6.45) is 3.09. The van der Waals surface area contributed by atoms with E-state index in [0.717, 1.165) is 28.8 Å². The molecule has 1 amide bonds. The number of carbonyl (C=O) groups is 1. The highest BCUT2D eigenvalue weighted by Gasteiger charge is 2.22. The molecule has 0 saturated heterocycles. The van der Waals surface area contributed by atoms with E-state index in [9.17, 15) is 13.2 Å². The Hall–Kier alpha value is -3.06. The molecule has 1 aliphatic rings. The lowest BCUT2D eigenvalue weighted by atomic mass is 10.0. The Bertz CT molecular complexity index is 1190. The van der Waals surface area contributed by atoms with Gasteiger partial charge in [-0.1, -0.05) is 30.3 Å². The largest absolute Gasteiger partial charge is 0.497 e. The van der Waals surface area contributed by atoms with Crippen LogP contribution in [0.2, 0.25) is 0 Å². The molecule has 0 spiro atoms. The van der Waals surface area contributed by atoms with Gasteiger partial charge in [-0.15, -0.1) is 0 Å². The van der Waals surface area contributed by atoms with Crippen LogP contribution in [0.4, 0.5) is 11.4 Å². The average molecular weight is 410 g/mol. The first-order chi connectivity index (χ1) is 13.9. The van der Waals surface area contributed by atoms with Crippen LogP contribution >= 0.6 is 0 Å².